The number of hydrogen-bond donors (Lipinski definition) is 0. The van der Waals surface area contributed by atoms with E-state index >= 15 is 0 Å². The Morgan fingerprint density at radius 3 is 2.76 bits per heavy atom. The minimum atomic E-state index is -0.0585. The summed E-state index contributed by atoms with van der Waals surface area (Å²) in [6, 6.07) is 3.48. The molecule has 0 saturated heterocycles. The third-order valence-corrected chi connectivity index (χ3v) is 4.80. The lowest BCUT2D eigenvalue weighted by Gasteiger charge is -2.10. The molecule has 1 aliphatic heterocycles. The molecule has 0 unspecified atom stereocenters. The summed E-state index contributed by atoms with van der Waals surface area (Å²) >= 11 is 8.86. The van der Waals surface area contributed by atoms with Gasteiger partial charge in [-0.2, -0.15) is 0 Å². The van der Waals surface area contributed by atoms with Crippen LogP contribution in [0.4, 0.5) is 0 Å². The van der Waals surface area contributed by atoms with Crippen LogP contribution in [0, 0.1) is 0 Å². The van der Waals surface area contributed by atoms with Crippen LogP contribution in [0.25, 0.3) is 6.08 Å². The SMILES string of the molecule is CCSC1=N/C(=C/c2cc(Cl)c(OC)c(OC)c2)C(=O)S1. The second-order valence-electron chi connectivity index (χ2n) is 3.97. The van der Waals surface area contributed by atoms with Crippen molar-refractivity contribution in [1.82, 2.24) is 0 Å². The molecule has 0 radical (unpaired) electrons. The van der Waals surface area contributed by atoms with Gasteiger partial charge < -0.3 is 9.47 Å². The molecule has 0 fully saturated rings. The number of hydrogen-bond acceptors (Lipinski definition) is 6. The summed E-state index contributed by atoms with van der Waals surface area (Å²) in [5.74, 6) is 1.87. The highest BCUT2D eigenvalue weighted by atomic mass is 35.5. The van der Waals surface area contributed by atoms with Crippen molar-refractivity contribution in [3.8, 4) is 11.5 Å². The molecule has 0 amide bonds. The number of nitrogens with zero attached hydrogens (tertiary/aromatic N) is 1. The van der Waals surface area contributed by atoms with E-state index in [4.69, 9.17) is 21.1 Å². The molecule has 0 N–H and O–H groups in total. The van der Waals surface area contributed by atoms with Crippen LogP contribution in [0.2, 0.25) is 5.02 Å². The van der Waals surface area contributed by atoms with Crippen molar-refractivity contribution in [3.05, 3.63) is 28.4 Å². The zero-order chi connectivity index (χ0) is 15.4. The first-order chi connectivity index (χ1) is 10.1. The maximum atomic E-state index is 11.9. The van der Waals surface area contributed by atoms with Gasteiger partial charge in [-0.15, -0.1) is 0 Å². The number of rotatable bonds is 4. The Morgan fingerprint density at radius 2 is 2.14 bits per heavy atom. The van der Waals surface area contributed by atoms with Crippen LogP contribution in [-0.2, 0) is 4.79 Å². The number of carbonyl (C=O) groups excluding carboxylic acids is 1. The van der Waals surface area contributed by atoms with Crippen molar-refractivity contribution in [2.75, 3.05) is 20.0 Å². The van der Waals surface area contributed by atoms with E-state index < -0.39 is 0 Å². The molecule has 0 spiro atoms. The summed E-state index contributed by atoms with van der Waals surface area (Å²) in [6.07, 6.45) is 1.70. The van der Waals surface area contributed by atoms with Crippen LogP contribution in [0.3, 0.4) is 0 Å². The molecule has 21 heavy (non-hydrogen) atoms. The van der Waals surface area contributed by atoms with Crippen molar-refractivity contribution in [2.45, 2.75) is 6.92 Å². The summed E-state index contributed by atoms with van der Waals surface area (Å²) in [7, 11) is 3.06. The number of methoxy groups -OCH3 is 2. The molecule has 0 bridgehead atoms. The number of carbonyl (C=O) groups is 1. The maximum absolute atomic E-state index is 11.9. The van der Waals surface area contributed by atoms with Crippen LogP contribution >= 0.6 is 35.1 Å². The molecule has 4 nitrogen and oxygen atoms in total. The first kappa shape index (κ1) is 16.3. The molecule has 0 atom stereocenters. The number of thioether (sulfide) groups is 2. The molecule has 112 valence electrons. The predicted molar refractivity (Wildman–Crippen MR) is 90.7 cm³/mol. The summed E-state index contributed by atoms with van der Waals surface area (Å²) in [5, 5.41) is 0.366. The molecule has 1 heterocycles. The average Bonchev–Trinajstić information content (AvgIpc) is 2.78. The normalized spacial score (nSPS) is 16.3. The third kappa shape index (κ3) is 3.75. The maximum Gasteiger partial charge on any atom is 0.244 e. The first-order valence-corrected chi connectivity index (χ1v) is 8.34. The molecule has 1 aliphatic rings. The number of ether oxygens (including phenoxy) is 2. The largest absolute Gasteiger partial charge is 0.493 e. The predicted octanol–water partition coefficient (Wildman–Crippen LogP) is 4.08. The number of aliphatic imine (C=N–C) groups is 1. The van der Waals surface area contributed by atoms with E-state index in [1.54, 1.807) is 30.0 Å². The smallest absolute Gasteiger partial charge is 0.244 e. The average molecular weight is 344 g/mol. The Morgan fingerprint density at radius 1 is 1.38 bits per heavy atom. The van der Waals surface area contributed by atoms with Gasteiger partial charge in [-0.3, -0.25) is 4.79 Å². The van der Waals surface area contributed by atoms with Crippen molar-refractivity contribution in [3.63, 3.8) is 0 Å². The van der Waals surface area contributed by atoms with Crippen molar-refractivity contribution in [1.29, 1.82) is 0 Å². The van der Waals surface area contributed by atoms with Gasteiger partial charge in [0.25, 0.3) is 0 Å². The van der Waals surface area contributed by atoms with Crippen molar-refractivity contribution < 1.29 is 14.3 Å². The minimum absolute atomic E-state index is 0.0585. The first-order valence-electron chi connectivity index (χ1n) is 6.16. The highest BCUT2D eigenvalue weighted by Gasteiger charge is 2.22. The molecule has 0 aromatic heterocycles. The van der Waals surface area contributed by atoms with Gasteiger partial charge in [-0.25, -0.2) is 4.99 Å². The van der Waals surface area contributed by atoms with Crippen LogP contribution in [0.1, 0.15) is 12.5 Å². The lowest BCUT2D eigenvalue weighted by molar-refractivity contribution is -0.107. The summed E-state index contributed by atoms with van der Waals surface area (Å²) in [4.78, 5) is 16.2. The summed E-state index contributed by atoms with van der Waals surface area (Å²) in [6.45, 7) is 2.02. The van der Waals surface area contributed by atoms with E-state index in [0.717, 1.165) is 27.5 Å². The van der Waals surface area contributed by atoms with E-state index in [1.807, 2.05) is 6.92 Å². The summed E-state index contributed by atoms with van der Waals surface area (Å²) in [5.41, 5.74) is 1.16. The fourth-order valence-corrected chi connectivity index (χ4v) is 3.79. The molecule has 1 aromatic carbocycles. The van der Waals surface area contributed by atoms with E-state index in [-0.39, 0.29) is 5.12 Å². The molecular formula is C14H14ClNO3S2. The van der Waals surface area contributed by atoms with Gasteiger partial charge in [0.2, 0.25) is 5.12 Å². The van der Waals surface area contributed by atoms with Gasteiger partial charge in [-0.1, -0.05) is 30.3 Å². The van der Waals surface area contributed by atoms with E-state index in [1.165, 1.54) is 14.2 Å². The molecule has 0 saturated carbocycles. The minimum Gasteiger partial charge on any atom is -0.493 e. The zero-order valence-corrected chi connectivity index (χ0v) is 14.2. The van der Waals surface area contributed by atoms with Gasteiger partial charge in [0, 0.05) is 0 Å². The van der Waals surface area contributed by atoms with Gasteiger partial charge in [0.1, 0.15) is 10.1 Å². The lowest BCUT2D eigenvalue weighted by Crippen LogP contribution is -1.93. The van der Waals surface area contributed by atoms with Gasteiger partial charge in [0.05, 0.1) is 19.2 Å². The topological polar surface area (TPSA) is 47.9 Å². The Bertz CT molecular complexity index is 629. The quantitative estimate of drug-likeness (QED) is 0.771. The molecule has 7 heteroatoms. The van der Waals surface area contributed by atoms with Crippen LogP contribution in [-0.4, -0.2) is 29.5 Å². The fourth-order valence-electron chi connectivity index (χ4n) is 1.75. The monoisotopic (exact) mass is 343 g/mol. The Labute approximate surface area is 136 Å². The van der Waals surface area contributed by atoms with Crippen LogP contribution in [0.5, 0.6) is 11.5 Å². The Kier molecular flexibility index (Phi) is 5.61. The van der Waals surface area contributed by atoms with E-state index in [9.17, 15) is 4.79 Å². The highest BCUT2D eigenvalue weighted by molar-refractivity contribution is 8.45. The Hall–Kier alpha value is -1.11. The highest BCUT2D eigenvalue weighted by Crippen LogP contribution is 2.37. The van der Waals surface area contributed by atoms with E-state index in [0.29, 0.717) is 22.2 Å². The van der Waals surface area contributed by atoms with Gasteiger partial charge >= 0.3 is 0 Å². The molecule has 0 aliphatic carbocycles. The van der Waals surface area contributed by atoms with Crippen molar-refractivity contribution >= 4 is 50.7 Å². The van der Waals surface area contributed by atoms with Gasteiger partial charge in [0.15, 0.2) is 11.5 Å². The number of halogens is 1. The second-order valence-corrected chi connectivity index (χ2v) is 6.85. The summed E-state index contributed by atoms with van der Waals surface area (Å²) < 4.78 is 11.2. The lowest BCUT2D eigenvalue weighted by atomic mass is 10.1. The van der Waals surface area contributed by atoms with Crippen LogP contribution in [0.15, 0.2) is 22.8 Å². The van der Waals surface area contributed by atoms with Crippen molar-refractivity contribution in [2.24, 2.45) is 4.99 Å². The fraction of sp³-hybridized carbons (Fsp3) is 0.286. The third-order valence-electron chi connectivity index (χ3n) is 2.63. The molecule has 2 rings (SSSR count). The molecule has 1 aromatic rings. The van der Waals surface area contributed by atoms with E-state index in [2.05, 4.69) is 4.99 Å². The Balaban J connectivity index is 2.37. The van der Waals surface area contributed by atoms with Crippen LogP contribution < -0.4 is 9.47 Å². The standard InChI is InChI=1S/C14H14ClNO3S2/c1-4-20-14-16-10(13(17)21-14)6-8-5-9(15)12(19-3)11(7-8)18-2/h5-7H,4H2,1-3H3/b10-6+. The van der Waals surface area contributed by atoms with Gasteiger partial charge in [-0.05, 0) is 41.3 Å². The number of benzene rings is 1. The molecular weight excluding hydrogens is 330 g/mol. The zero-order valence-electron chi connectivity index (χ0n) is 11.8. The second kappa shape index (κ2) is 7.24.